The van der Waals surface area contributed by atoms with Crippen molar-refractivity contribution in [2.24, 2.45) is 0 Å². The first-order chi connectivity index (χ1) is 15.4. The molecule has 1 aromatic carbocycles. The lowest BCUT2D eigenvalue weighted by molar-refractivity contribution is -0.385. The summed E-state index contributed by atoms with van der Waals surface area (Å²) in [6.45, 7) is 8.83. The molecule has 32 heavy (non-hydrogen) atoms. The second kappa shape index (κ2) is 8.41. The minimum Gasteiger partial charge on any atom is -0.313 e. The van der Waals surface area contributed by atoms with Crippen molar-refractivity contribution < 1.29 is 14.5 Å². The number of ketones is 1. The molecule has 0 fully saturated rings. The van der Waals surface area contributed by atoms with Crippen molar-refractivity contribution in [3.8, 4) is 0 Å². The Morgan fingerprint density at radius 2 is 1.97 bits per heavy atom. The Labute approximate surface area is 186 Å². The lowest BCUT2D eigenvalue weighted by Gasteiger charge is -2.04. The van der Waals surface area contributed by atoms with Crippen LogP contribution in [0.2, 0.25) is 0 Å². The molecule has 3 heterocycles. The van der Waals surface area contributed by atoms with Gasteiger partial charge in [-0.05, 0) is 42.2 Å². The third-order valence-electron chi connectivity index (χ3n) is 4.81. The molecule has 0 radical (unpaired) electrons. The van der Waals surface area contributed by atoms with Crippen molar-refractivity contribution in [2.45, 2.75) is 13.3 Å². The number of aryl methyl sites for hydroxylation is 1. The Bertz CT molecular complexity index is 1410. The second-order valence-corrected chi connectivity index (χ2v) is 7.82. The van der Waals surface area contributed by atoms with E-state index >= 15 is 0 Å². The van der Waals surface area contributed by atoms with E-state index in [0.29, 0.717) is 28.3 Å². The highest BCUT2D eigenvalue weighted by Crippen LogP contribution is 2.25. The van der Waals surface area contributed by atoms with Crippen LogP contribution in [0.25, 0.3) is 10.4 Å². The van der Waals surface area contributed by atoms with Crippen LogP contribution in [-0.4, -0.2) is 25.4 Å². The van der Waals surface area contributed by atoms with E-state index < -0.39 is 16.6 Å². The summed E-state index contributed by atoms with van der Waals surface area (Å²) in [5.41, 5.74) is 3.08. The van der Waals surface area contributed by atoms with Crippen LogP contribution in [0.15, 0.2) is 54.7 Å². The summed E-state index contributed by atoms with van der Waals surface area (Å²) >= 11 is 1.07. The van der Waals surface area contributed by atoms with E-state index in [-0.39, 0.29) is 11.3 Å². The zero-order chi connectivity index (χ0) is 22.8. The van der Waals surface area contributed by atoms with Gasteiger partial charge in [-0.25, -0.2) is 4.85 Å². The van der Waals surface area contributed by atoms with Crippen LogP contribution in [0, 0.1) is 23.6 Å². The monoisotopic (exact) mass is 445 g/mol. The normalized spacial score (nSPS) is 10.6. The zero-order valence-corrected chi connectivity index (χ0v) is 17.5. The molecular formula is C22H15N5O4S. The smallest absolute Gasteiger partial charge is 0.297 e. The molecule has 1 N–H and O–H groups in total. The summed E-state index contributed by atoms with van der Waals surface area (Å²) < 4.78 is 5.62. The SMILES string of the molecule is [C-]#[N+]c1ccc(Cc2cc(C(=O)C(=O)Nc3cc(C)ns3)c3ccc([N+](=O)[O-])cn23)cc1. The predicted octanol–water partition coefficient (Wildman–Crippen LogP) is 4.58. The quantitative estimate of drug-likeness (QED) is 0.154. The molecule has 0 bridgehead atoms. The molecule has 0 atom stereocenters. The number of pyridine rings is 1. The fourth-order valence-corrected chi connectivity index (χ4v) is 3.95. The Morgan fingerprint density at radius 1 is 1.22 bits per heavy atom. The van der Waals surface area contributed by atoms with E-state index in [1.54, 1.807) is 47.7 Å². The van der Waals surface area contributed by atoms with Gasteiger partial charge in [0.1, 0.15) is 5.00 Å². The maximum absolute atomic E-state index is 12.9. The molecule has 0 saturated heterocycles. The van der Waals surface area contributed by atoms with Gasteiger partial charge in [0.15, 0.2) is 5.69 Å². The van der Waals surface area contributed by atoms with E-state index in [0.717, 1.165) is 22.8 Å². The molecule has 10 heteroatoms. The highest BCUT2D eigenvalue weighted by molar-refractivity contribution is 7.10. The number of carbonyl (C=O) groups excluding carboxylic acids is 2. The first-order valence-electron chi connectivity index (χ1n) is 9.39. The number of hydrogen-bond acceptors (Lipinski definition) is 6. The van der Waals surface area contributed by atoms with Crippen LogP contribution < -0.4 is 5.32 Å². The van der Waals surface area contributed by atoms with Gasteiger partial charge in [0.2, 0.25) is 0 Å². The van der Waals surface area contributed by atoms with E-state index in [4.69, 9.17) is 6.57 Å². The molecule has 3 aromatic heterocycles. The number of nitro groups is 1. The van der Waals surface area contributed by atoms with Gasteiger partial charge in [-0.3, -0.25) is 19.7 Å². The summed E-state index contributed by atoms with van der Waals surface area (Å²) in [5.74, 6) is -1.57. The topological polar surface area (TPSA) is 111 Å². The number of amides is 1. The maximum Gasteiger partial charge on any atom is 0.297 e. The number of hydrogen-bond donors (Lipinski definition) is 1. The van der Waals surface area contributed by atoms with E-state index in [1.807, 2.05) is 0 Å². The summed E-state index contributed by atoms with van der Waals surface area (Å²) in [4.78, 5) is 39.6. The molecule has 0 spiro atoms. The molecule has 1 amide bonds. The third-order valence-corrected chi connectivity index (χ3v) is 5.60. The lowest BCUT2D eigenvalue weighted by atomic mass is 10.1. The molecule has 4 aromatic rings. The zero-order valence-electron chi connectivity index (χ0n) is 16.7. The van der Waals surface area contributed by atoms with Crippen LogP contribution in [-0.2, 0) is 11.2 Å². The van der Waals surface area contributed by atoms with E-state index in [9.17, 15) is 19.7 Å². The van der Waals surface area contributed by atoms with Gasteiger partial charge in [0.05, 0.1) is 34.5 Å². The highest BCUT2D eigenvalue weighted by atomic mass is 32.1. The number of benzene rings is 1. The van der Waals surface area contributed by atoms with Crippen LogP contribution in [0.5, 0.6) is 0 Å². The average Bonchev–Trinajstić information content (AvgIpc) is 3.36. The highest BCUT2D eigenvalue weighted by Gasteiger charge is 2.24. The molecular weight excluding hydrogens is 430 g/mol. The molecule has 9 nitrogen and oxygen atoms in total. The fraction of sp³-hybridized carbons (Fsp3) is 0.0909. The fourth-order valence-electron chi connectivity index (χ4n) is 3.29. The van der Waals surface area contributed by atoms with Gasteiger partial charge in [-0.1, -0.05) is 24.3 Å². The van der Waals surface area contributed by atoms with Crippen molar-refractivity contribution in [3.05, 3.63) is 98.8 Å². The van der Waals surface area contributed by atoms with Gasteiger partial charge in [0.25, 0.3) is 17.4 Å². The van der Waals surface area contributed by atoms with Gasteiger partial charge < -0.3 is 9.72 Å². The van der Waals surface area contributed by atoms with Crippen molar-refractivity contribution >= 4 is 45.1 Å². The van der Waals surface area contributed by atoms with Crippen LogP contribution in [0.3, 0.4) is 0 Å². The third kappa shape index (κ3) is 4.10. The largest absolute Gasteiger partial charge is 0.313 e. The maximum atomic E-state index is 12.9. The first kappa shape index (κ1) is 20.9. The summed E-state index contributed by atoms with van der Waals surface area (Å²) in [6.07, 6.45) is 1.68. The average molecular weight is 445 g/mol. The Balaban J connectivity index is 1.73. The molecule has 158 valence electrons. The molecule has 0 saturated carbocycles. The number of anilines is 1. The summed E-state index contributed by atoms with van der Waals surface area (Å²) in [7, 11) is 0. The van der Waals surface area contributed by atoms with Crippen molar-refractivity contribution in [1.82, 2.24) is 8.77 Å². The molecule has 0 aliphatic rings. The summed E-state index contributed by atoms with van der Waals surface area (Å²) in [6, 6.07) is 12.9. The lowest BCUT2D eigenvalue weighted by Crippen LogP contribution is -2.22. The second-order valence-electron chi connectivity index (χ2n) is 7.02. The number of Topliss-reactive ketones (excluding diaryl/α,β-unsaturated/α-hetero) is 1. The Hall–Kier alpha value is -4.36. The standard InChI is InChI=1S/C22H15N5O4S/c1-13-9-20(32-25-13)24-22(29)21(28)18-11-17(10-14-3-5-15(23-2)6-4-14)26-12-16(27(30)31)7-8-19(18)26/h3-9,11-12H,10H2,1H3,(H,24,29). The first-order valence-corrected chi connectivity index (χ1v) is 10.2. The van der Waals surface area contributed by atoms with Crippen LogP contribution >= 0.6 is 11.5 Å². The number of rotatable bonds is 6. The Morgan fingerprint density at radius 3 is 2.59 bits per heavy atom. The van der Waals surface area contributed by atoms with Gasteiger partial charge in [-0.2, -0.15) is 4.37 Å². The predicted molar refractivity (Wildman–Crippen MR) is 119 cm³/mol. The number of aromatic nitrogens is 2. The molecule has 0 aliphatic heterocycles. The Kier molecular flexibility index (Phi) is 5.49. The van der Waals surface area contributed by atoms with Crippen molar-refractivity contribution in [1.29, 1.82) is 0 Å². The number of carbonyl (C=O) groups is 2. The van der Waals surface area contributed by atoms with Gasteiger partial charge in [0, 0.05) is 18.2 Å². The van der Waals surface area contributed by atoms with Gasteiger partial charge >= 0.3 is 0 Å². The van der Waals surface area contributed by atoms with Crippen molar-refractivity contribution in [2.75, 3.05) is 5.32 Å². The van der Waals surface area contributed by atoms with Crippen LogP contribution in [0.1, 0.15) is 27.3 Å². The summed E-state index contributed by atoms with van der Waals surface area (Å²) in [5, 5.41) is 14.3. The molecule has 4 rings (SSSR count). The van der Waals surface area contributed by atoms with E-state index in [1.165, 1.54) is 18.3 Å². The van der Waals surface area contributed by atoms with Crippen molar-refractivity contribution in [3.63, 3.8) is 0 Å². The minimum absolute atomic E-state index is 0.138. The van der Waals surface area contributed by atoms with E-state index in [2.05, 4.69) is 14.5 Å². The molecule has 0 unspecified atom stereocenters. The minimum atomic E-state index is -0.813. The number of nitrogens with one attached hydrogen (secondary N) is 1. The van der Waals surface area contributed by atoms with Crippen LogP contribution in [0.4, 0.5) is 16.4 Å². The molecule has 0 aliphatic carbocycles. The van der Waals surface area contributed by atoms with Gasteiger partial charge in [-0.15, -0.1) is 0 Å². The number of nitrogens with zero attached hydrogens (tertiary/aromatic N) is 4. The number of fused-ring (bicyclic) bond motifs is 1.